The molecule has 16 heavy (non-hydrogen) atoms. The lowest BCUT2D eigenvalue weighted by atomic mass is 10.1. The molecule has 0 unspecified atom stereocenters. The number of carbonyl (C=O) groups is 1. The summed E-state index contributed by atoms with van der Waals surface area (Å²) < 4.78 is 0. The third kappa shape index (κ3) is 2.68. The zero-order chi connectivity index (χ0) is 12.1. The highest BCUT2D eigenvalue weighted by molar-refractivity contribution is 6.34. The Bertz CT molecular complexity index is 422. The van der Waals surface area contributed by atoms with Gasteiger partial charge in [0.25, 0.3) is 11.6 Å². The van der Waals surface area contributed by atoms with Crippen LogP contribution in [0.2, 0.25) is 5.02 Å². The van der Waals surface area contributed by atoms with Crippen LogP contribution in [0.5, 0.6) is 0 Å². The van der Waals surface area contributed by atoms with Crippen molar-refractivity contribution in [1.82, 2.24) is 5.32 Å². The van der Waals surface area contributed by atoms with Gasteiger partial charge in [-0.2, -0.15) is 0 Å². The van der Waals surface area contributed by atoms with Gasteiger partial charge in [-0.1, -0.05) is 17.7 Å². The number of hydrogen-bond acceptors (Lipinski definition) is 4. The first-order chi connectivity index (χ1) is 7.57. The van der Waals surface area contributed by atoms with Gasteiger partial charge in [0, 0.05) is 12.6 Å². The van der Waals surface area contributed by atoms with Crippen LogP contribution in [-0.2, 0) is 0 Å². The van der Waals surface area contributed by atoms with Gasteiger partial charge in [-0.25, -0.2) is 0 Å². The zero-order valence-electron chi connectivity index (χ0n) is 8.14. The molecule has 7 heteroatoms. The van der Waals surface area contributed by atoms with Crippen LogP contribution in [0.15, 0.2) is 18.2 Å². The number of nitrogens with one attached hydrogen (secondary N) is 1. The highest BCUT2D eigenvalue weighted by Crippen LogP contribution is 2.25. The van der Waals surface area contributed by atoms with Gasteiger partial charge >= 0.3 is 0 Å². The van der Waals surface area contributed by atoms with E-state index in [1.807, 2.05) is 0 Å². The van der Waals surface area contributed by atoms with E-state index in [9.17, 15) is 14.9 Å². The molecule has 0 aromatic heterocycles. The third-order valence-corrected chi connectivity index (χ3v) is 2.13. The fourth-order valence-electron chi connectivity index (χ4n) is 1.15. The summed E-state index contributed by atoms with van der Waals surface area (Å²) in [6.45, 7) is -0.231. The Kier molecular flexibility index (Phi) is 4.21. The minimum absolute atomic E-state index is 0.00430. The third-order valence-electron chi connectivity index (χ3n) is 1.81. The summed E-state index contributed by atoms with van der Waals surface area (Å²) in [7, 11) is 0. The smallest absolute Gasteiger partial charge is 0.283 e. The normalized spacial score (nSPS) is 9.88. The summed E-state index contributed by atoms with van der Waals surface area (Å²) >= 11 is 5.72. The molecule has 1 rings (SSSR count). The molecule has 0 aliphatic carbocycles. The quantitative estimate of drug-likeness (QED) is 0.610. The summed E-state index contributed by atoms with van der Waals surface area (Å²) in [5.74, 6) is -0.675. The van der Waals surface area contributed by atoms with E-state index in [4.69, 9.17) is 16.7 Å². The molecule has 0 atom stereocenters. The number of benzene rings is 1. The number of halogens is 1. The van der Waals surface area contributed by atoms with Gasteiger partial charge < -0.3 is 10.4 Å². The van der Waals surface area contributed by atoms with Crippen molar-refractivity contribution < 1.29 is 14.8 Å². The van der Waals surface area contributed by atoms with Crippen molar-refractivity contribution >= 4 is 23.2 Å². The number of nitrogens with zero attached hydrogens (tertiary/aromatic N) is 1. The molecule has 2 N–H and O–H groups in total. The largest absolute Gasteiger partial charge is 0.395 e. The Labute approximate surface area is 96.0 Å². The Morgan fingerprint density at radius 1 is 1.56 bits per heavy atom. The molecule has 0 spiro atoms. The van der Waals surface area contributed by atoms with Crippen LogP contribution in [0.25, 0.3) is 0 Å². The lowest BCUT2D eigenvalue weighted by Crippen LogP contribution is -2.27. The molecule has 6 nitrogen and oxygen atoms in total. The molecule has 0 radical (unpaired) electrons. The maximum atomic E-state index is 11.5. The van der Waals surface area contributed by atoms with Crippen molar-refractivity contribution in [3.8, 4) is 0 Å². The molecule has 0 bridgehead atoms. The van der Waals surface area contributed by atoms with E-state index in [0.717, 1.165) is 0 Å². The predicted octanol–water partition coefficient (Wildman–Crippen LogP) is 0.970. The first-order valence-corrected chi connectivity index (χ1v) is 4.77. The molecule has 0 saturated carbocycles. The van der Waals surface area contributed by atoms with Crippen LogP contribution in [-0.4, -0.2) is 29.1 Å². The fraction of sp³-hybridized carbons (Fsp3) is 0.222. The molecular formula is C9H9ClN2O4. The summed E-state index contributed by atoms with van der Waals surface area (Å²) in [5.41, 5.74) is -0.550. The van der Waals surface area contributed by atoms with Crippen molar-refractivity contribution in [2.45, 2.75) is 0 Å². The average molecular weight is 245 g/mol. The first-order valence-electron chi connectivity index (χ1n) is 4.40. The minimum Gasteiger partial charge on any atom is -0.395 e. The molecule has 1 aromatic rings. The van der Waals surface area contributed by atoms with Crippen LogP contribution in [0, 0.1) is 10.1 Å². The second-order valence-corrected chi connectivity index (χ2v) is 3.28. The lowest BCUT2D eigenvalue weighted by molar-refractivity contribution is -0.385. The number of rotatable bonds is 4. The number of aliphatic hydroxyl groups excluding tert-OH is 1. The molecule has 0 saturated heterocycles. The van der Waals surface area contributed by atoms with E-state index in [1.165, 1.54) is 18.2 Å². The minimum atomic E-state index is -0.681. The number of hydrogen-bond donors (Lipinski definition) is 2. The van der Waals surface area contributed by atoms with E-state index in [-0.39, 0.29) is 29.4 Å². The summed E-state index contributed by atoms with van der Waals surface area (Å²) in [5, 5.41) is 21.5. The van der Waals surface area contributed by atoms with Crippen LogP contribution in [0.4, 0.5) is 5.69 Å². The zero-order valence-corrected chi connectivity index (χ0v) is 8.90. The van der Waals surface area contributed by atoms with Gasteiger partial charge in [0.05, 0.1) is 16.6 Å². The highest BCUT2D eigenvalue weighted by Gasteiger charge is 2.22. The number of amides is 1. The second kappa shape index (κ2) is 5.43. The van der Waals surface area contributed by atoms with E-state index in [2.05, 4.69) is 5.32 Å². The SMILES string of the molecule is O=C(NCCO)c1c(Cl)cccc1[N+](=O)[O-]. The van der Waals surface area contributed by atoms with E-state index in [0.29, 0.717) is 0 Å². The molecule has 0 aliphatic rings. The van der Waals surface area contributed by atoms with Crippen molar-refractivity contribution in [3.05, 3.63) is 38.9 Å². The Balaban J connectivity index is 3.10. The molecular weight excluding hydrogens is 236 g/mol. The highest BCUT2D eigenvalue weighted by atomic mass is 35.5. The van der Waals surface area contributed by atoms with Crippen LogP contribution < -0.4 is 5.32 Å². The molecule has 1 amide bonds. The van der Waals surface area contributed by atoms with Crippen molar-refractivity contribution in [1.29, 1.82) is 0 Å². The van der Waals surface area contributed by atoms with Crippen molar-refractivity contribution in [3.63, 3.8) is 0 Å². The summed E-state index contributed by atoms with van der Waals surface area (Å²) in [4.78, 5) is 21.5. The summed E-state index contributed by atoms with van der Waals surface area (Å²) in [6, 6.07) is 3.98. The topological polar surface area (TPSA) is 92.5 Å². The number of nitro groups is 1. The monoisotopic (exact) mass is 244 g/mol. The van der Waals surface area contributed by atoms with Gasteiger partial charge in [-0.15, -0.1) is 0 Å². The predicted molar refractivity (Wildman–Crippen MR) is 57.5 cm³/mol. The first kappa shape index (κ1) is 12.4. The van der Waals surface area contributed by atoms with Gasteiger partial charge in [-0.3, -0.25) is 14.9 Å². The second-order valence-electron chi connectivity index (χ2n) is 2.87. The standard InChI is InChI=1S/C9H9ClN2O4/c10-6-2-1-3-7(12(15)16)8(6)9(14)11-4-5-13/h1-3,13H,4-5H2,(H,11,14). The lowest BCUT2D eigenvalue weighted by Gasteiger charge is -2.05. The van der Waals surface area contributed by atoms with Crippen LogP contribution in [0.3, 0.4) is 0 Å². The van der Waals surface area contributed by atoms with Crippen LogP contribution in [0.1, 0.15) is 10.4 Å². The van der Waals surface area contributed by atoms with Gasteiger partial charge in [0.15, 0.2) is 0 Å². The Hall–Kier alpha value is -1.66. The Morgan fingerprint density at radius 3 is 2.81 bits per heavy atom. The maximum Gasteiger partial charge on any atom is 0.283 e. The van der Waals surface area contributed by atoms with E-state index < -0.39 is 10.8 Å². The molecule has 0 heterocycles. The van der Waals surface area contributed by atoms with Gasteiger partial charge in [0.2, 0.25) is 0 Å². The maximum absolute atomic E-state index is 11.5. The number of carbonyl (C=O) groups excluding carboxylic acids is 1. The molecule has 1 aromatic carbocycles. The summed E-state index contributed by atoms with van der Waals surface area (Å²) in [6.07, 6.45) is 0. The number of aliphatic hydroxyl groups is 1. The van der Waals surface area contributed by atoms with E-state index >= 15 is 0 Å². The van der Waals surface area contributed by atoms with Crippen LogP contribution >= 0.6 is 11.6 Å². The average Bonchev–Trinajstić information content (AvgIpc) is 2.25. The fourth-order valence-corrected chi connectivity index (χ4v) is 1.40. The van der Waals surface area contributed by atoms with Crippen molar-refractivity contribution in [2.75, 3.05) is 13.2 Å². The molecule has 0 fully saturated rings. The van der Waals surface area contributed by atoms with E-state index in [1.54, 1.807) is 0 Å². The number of nitro benzene ring substituents is 1. The molecule has 86 valence electrons. The van der Waals surface area contributed by atoms with Crippen molar-refractivity contribution in [2.24, 2.45) is 0 Å². The van der Waals surface area contributed by atoms with Gasteiger partial charge in [-0.05, 0) is 6.07 Å². The Morgan fingerprint density at radius 2 is 2.25 bits per heavy atom. The van der Waals surface area contributed by atoms with Gasteiger partial charge in [0.1, 0.15) is 5.56 Å². The molecule has 0 aliphatic heterocycles.